The molecule has 0 aliphatic carbocycles. The average Bonchev–Trinajstić information content (AvgIpc) is 2.88. The summed E-state index contributed by atoms with van der Waals surface area (Å²) in [5.74, 6) is -0.750. The second-order valence-corrected chi connectivity index (χ2v) is 10.8. The molecular formula is C26H21BrN2O7S2. The normalized spacial score (nSPS) is 14.9. The lowest BCUT2D eigenvalue weighted by Gasteiger charge is -2.29. The zero-order valence-corrected chi connectivity index (χ0v) is 23.6. The van der Waals surface area contributed by atoms with E-state index in [-0.39, 0.29) is 31.6 Å². The van der Waals surface area contributed by atoms with E-state index >= 15 is 0 Å². The largest absolute Gasteiger partial charge is 0.497 e. The number of nitrogens with zero attached hydrogens (tertiary/aromatic N) is 1. The summed E-state index contributed by atoms with van der Waals surface area (Å²) in [7, 11) is -1.30. The summed E-state index contributed by atoms with van der Waals surface area (Å²) in [4.78, 5) is 27.2. The molecule has 3 aromatic carbocycles. The summed E-state index contributed by atoms with van der Waals surface area (Å²) in [5, 5.41) is 2.45. The third kappa shape index (κ3) is 5.57. The van der Waals surface area contributed by atoms with Crippen molar-refractivity contribution in [2.45, 2.75) is 11.8 Å². The van der Waals surface area contributed by atoms with Crippen molar-refractivity contribution >= 4 is 67.0 Å². The van der Waals surface area contributed by atoms with Crippen molar-refractivity contribution in [2.75, 3.05) is 19.1 Å². The summed E-state index contributed by atoms with van der Waals surface area (Å²) in [6.45, 7) is 1.84. The number of aryl methyl sites for hydroxylation is 1. The Balaban J connectivity index is 1.68. The van der Waals surface area contributed by atoms with Crippen molar-refractivity contribution in [3.8, 4) is 17.2 Å². The Morgan fingerprint density at radius 3 is 2.24 bits per heavy atom. The van der Waals surface area contributed by atoms with Gasteiger partial charge in [-0.25, -0.2) is 0 Å². The van der Waals surface area contributed by atoms with E-state index < -0.39 is 21.9 Å². The summed E-state index contributed by atoms with van der Waals surface area (Å²) >= 11 is 8.55. The second kappa shape index (κ2) is 10.9. The molecule has 196 valence electrons. The van der Waals surface area contributed by atoms with Crippen molar-refractivity contribution in [2.24, 2.45) is 0 Å². The van der Waals surface area contributed by atoms with E-state index in [1.807, 2.05) is 6.92 Å². The van der Waals surface area contributed by atoms with Gasteiger partial charge in [0.15, 0.2) is 16.6 Å². The van der Waals surface area contributed by atoms with Crippen LogP contribution in [0.1, 0.15) is 11.1 Å². The predicted octanol–water partition coefficient (Wildman–Crippen LogP) is 4.37. The van der Waals surface area contributed by atoms with E-state index in [0.29, 0.717) is 17.0 Å². The molecule has 0 saturated carbocycles. The van der Waals surface area contributed by atoms with E-state index in [0.717, 1.165) is 5.56 Å². The van der Waals surface area contributed by atoms with Crippen molar-refractivity contribution in [1.29, 1.82) is 0 Å². The zero-order valence-electron chi connectivity index (χ0n) is 20.4. The fourth-order valence-electron chi connectivity index (χ4n) is 3.56. The first-order chi connectivity index (χ1) is 18.0. The summed E-state index contributed by atoms with van der Waals surface area (Å²) in [6.07, 6.45) is 1.35. The third-order valence-electron chi connectivity index (χ3n) is 5.50. The first-order valence-corrected chi connectivity index (χ1v) is 13.6. The fraction of sp³-hybridized carbons (Fsp3) is 0.115. The molecule has 9 nitrogen and oxygen atoms in total. The number of carbonyl (C=O) groups excluding carboxylic acids is 2. The molecule has 0 unspecified atom stereocenters. The highest BCUT2D eigenvalue weighted by atomic mass is 79.9. The van der Waals surface area contributed by atoms with E-state index in [9.17, 15) is 18.0 Å². The van der Waals surface area contributed by atoms with Crippen LogP contribution in [0.5, 0.6) is 17.2 Å². The first kappa shape index (κ1) is 27.3. The number of benzene rings is 3. The van der Waals surface area contributed by atoms with Crippen LogP contribution in [0, 0.1) is 6.92 Å². The molecule has 1 heterocycles. The van der Waals surface area contributed by atoms with Gasteiger partial charge >= 0.3 is 10.1 Å². The molecule has 1 aliphatic heterocycles. The molecule has 38 heavy (non-hydrogen) atoms. The molecule has 1 aliphatic rings. The number of nitrogens with one attached hydrogen (secondary N) is 1. The third-order valence-corrected chi connectivity index (χ3v) is 7.61. The Kier molecular flexibility index (Phi) is 7.86. The molecule has 3 aromatic rings. The van der Waals surface area contributed by atoms with Crippen LogP contribution in [-0.4, -0.2) is 39.6 Å². The van der Waals surface area contributed by atoms with E-state index in [1.54, 1.807) is 36.4 Å². The first-order valence-electron chi connectivity index (χ1n) is 11.0. The topological polar surface area (TPSA) is 111 Å². The minimum atomic E-state index is -4.17. The van der Waals surface area contributed by atoms with E-state index in [1.165, 1.54) is 49.5 Å². The SMILES string of the molecule is COc1ccc(N2C(=O)/C(=C\c3cc(Br)c(OS(=O)(=O)c4ccc(C)cc4)c(OC)c3)C(=O)NC2=S)cc1. The average molecular weight is 617 g/mol. The monoisotopic (exact) mass is 616 g/mol. The van der Waals surface area contributed by atoms with Crippen LogP contribution in [-0.2, 0) is 19.7 Å². The van der Waals surface area contributed by atoms with Gasteiger partial charge in [-0.3, -0.25) is 19.8 Å². The summed E-state index contributed by atoms with van der Waals surface area (Å²) in [6, 6.07) is 15.7. The molecular weight excluding hydrogens is 596 g/mol. The number of amides is 2. The van der Waals surface area contributed by atoms with Gasteiger partial charge in [0, 0.05) is 0 Å². The van der Waals surface area contributed by atoms with Crippen LogP contribution in [0.25, 0.3) is 6.08 Å². The minimum Gasteiger partial charge on any atom is -0.497 e. The van der Waals surface area contributed by atoms with Gasteiger partial charge in [-0.2, -0.15) is 8.42 Å². The number of hydrogen-bond acceptors (Lipinski definition) is 8. The molecule has 12 heteroatoms. The van der Waals surface area contributed by atoms with Crippen molar-refractivity contribution in [3.63, 3.8) is 0 Å². The number of thiocarbonyl (C=S) groups is 1. The van der Waals surface area contributed by atoms with Crippen LogP contribution in [0.2, 0.25) is 0 Å². The summed E-state index contributed by atoms with van der Waals surface area (Å²) in [5.41, 5.74) is 1.52. The Hall–Kier alpha value is -3.74. The van der Waals surface area contributed by atoms with Crippen LogP contribution < -0.4 is 23.9 Å². The van der Waals surface area contributed by atoms with Gasteiger partial charge in [0.1, 0.15) is 16.2 Å². The Bertz CT molecular complexity index is 1570. The lowest BCUT2D eigenvalue weighted by molar-refractivity contribution is -0.122. The van der Waals surface area contributed by atoms with Gasteiger partial charge in [-0.05, 0) is 95.2 Å². The molecule has 0 spiro atoms. The number of methoxy groups -OCH3 is 2. The maximum Gasteiger partial charge on any atom is 0.339 e. The number of anilines is 1. The number of carbonyl (C=O) groups is 2. The minimum absolute atomic E-state index is 0.0256. The van der Waals surface area contributed by atoms with Crippen LogP contribution in [0.15, 0.2) is 75.6 Å². The van der Waals surface area contributed by atoms with Crippen LogP contribution in [0.4, 0.5) is 5.69 Å². The predicted molar refractivity (Wildman–Crippen MR) is 149 cm³/mol. The van der Waals surface area contributed by atoms with Crippen LogP contribution >= 0.6 is 28.1 Å². The molecule has 2 amide bonds. The maximum absolute atomic E-state index is 13.3. The number of rotatable bonds is 7. The second-order valence-electron chi connectivity index (χ2n) is 8.04. The number of halogens is 1. The Morgan fingerprint density at radius 2 is 1.63 bits per heavy atom. The lowest BCUT2D eigenvalue weighted by Crippen LogP contribution is -2.54. The van der Waals surface area contributed by atoms with E-state index in [4.69, 9.17) is 25.9 Å². The van der Waals surface area contributed by atoms with Crippen LogP contribution in [0.3, 0.4) is 0 Å². The molecule has 0 radical (unpaired) electrons. The molecule has 0 bridgehead atoms. The highest BCUT2D eigenvalue weighted by molar-refractivity contribution is 9.10. The molecule has 1 saturated heterocycles. The summed E-state index contributed by atoms with van der Waals surface area (Å²) < 4.78 is 41.8. The zero-order chi connectivity index (χ0) is 27.6. The number of ether oxygens (including phenoxy) is 2. The molecule has 1 fully saturated rings. The van der Waals surface area contributed by atoms with E-state index in [2.05, 4.69) is 21.2 Å². The standard InChI is InChI=1S/C26H21BrN2O7S2/c1-15-4-10-19(11-5-15)38(32,33)36-23-21(27)13-16(14-22(23)35-3)12-20-24(30)28-26(37)29(25(20)31)17-6-8-18(34-2)9-7-17/h4-14H,1-3H3,(H,28,30,37)/b20-12-. The molecule has 4 rings (SSSR count). The van der Waals surface area contributed by atoms with Gasteiger partial charge in [0.25, 0.3) is 11.8 Å². The van der Waals surface area contributed by atoms with Gasteiger partial charge in [0.05, 0.1) is 24.4 Å². The van der Waals surface area contributed by atoms with Gasteiger partial charge in [-0.15, -0.1) is 0 Å². The lowest BCUT2D eigenvalue weighted by atomic mass is 10.1. The van der Waals surface area contributed by atoms with Crippen molar-refractivity contribution in [1.82, 2.24) is 5.32 Å². The Morgan fingerprint density at radius 1 is 0.974 bits per heavy atom. The highest BCUT2D eigenvalue weighted by Gasteiger charge is 2.34. The quantitative estimate of drug-likeness (QED) is 0.180. The van der Waals surface area contributed by atoms with Gasteiger partial charge in [0.2, 0.25) is 0 Å². The Labute approximate surface area is 233 Å². The van der Waals surface area contributed by atoms with Gasteiger partial charge < -0.3 is 13.7 Å². The number of hydrogen-bond donors (Lipinski definition) is 1. The molecule has 0 aromatic heterocycles. The fourth-order valence-corrected chi connectivity index (χ4v) is 5.44. The highest BCUT2D eigenvalue weighted by Crippen LogP contribution is 2.39. The van der Waals surface area contributed by atoms with Crippen molar-refractivity contribution in [3.05, 3.63) is 81.8 Å². The van der Waals surface area contributed by atoms with Gasteiger partial charge in [-0.1, -0.05) is 17.7 Å². The molecule has 1 N–H and O–H groups in total. The maximum atomic E-state index is 13.3. The smallest absolute Gasteiger partial charge is 0.339 e. The molecule has 0 atom stereocenters. The van der Waals surface area contributed by atoms with Crippen molar-refractivity contribution < 1.29 is 31.7 Å².